The van der Waals surface area contributed by atoms with Crippen LogP contribution in [0.3, 0.4) is 0 Å². The van der Waals surface area contributed by atoms with E-state index in [0.29, 0.717) is 17.2 Å². The Hall–Kier alpha value is -2.35. The second kappa shape index (κ2) is 10.6. The summed E-state index contributed by atoms with van der Waals surface area (Å²) in [5.74, 6) is 1.46. The summed E-state index contributed by atoms with van der Waals surface area (Å²) in [6, 6.07) is 13.0. The van der Waals surface area contributed by atoms with Gasteiger partial charge in [-0.05, 0) is 70.4 Å². The molecule has 0 radical (unpaired) electrons. The van der Waals surface area contributed by atoms with Crippen molar-refractivity contribution in [3.63, 3.8) is 0 Å². The molecule has 6 nitrogen and oxygen atoms in total. The summed E-state index contributed by atoms with van der Waals surface area (Å²) >= 11 is 1.49. The van der Waals surface area contributed by atoms with Gasteiger partial charge in [0.15, 0.2) is 5.13 Å². The molecule has 0 N–H and O–H groups in total. The highest BCUT2D eigenvalue weighted by atomic mass is 35.5. The number of likely N-dealkylation sites (N-methyl/N-ethyl adjacent to an activating group) is 1. The van der Waals surface area contributed by atoms with Gasteiger partial charge in [-0.1, -0.05) is 11.3 Å². The first kappa shape index (κ1) is 23.9. The first-order valence-electron chi connectivity index (χ1n) is 9.55. The van der Waals surface area contributed by atoms with Crippen LogP contribution in [0.25, 0.3) is 10.2 Å². The number of hydrogen-bond acceptors (Lipinski definition) is 6. The lowest BCUT2D eigenvalue weighted by molar-refractivity contribution is 0.0985. The molecule has 0 unspecified atom stereocenters. The lowest BCUT2D eigenvalue weighted by atomic mass is 10.2. The summed E-state index contributed by atoms with van der Waals surface area (Å²) in [6.45, 7) is 5.24. The molecule has 1 amide bonds. The lowest BCUT2D eigenvalue weighted by Gasteiger charge is -2.22. The van der Waals surface area contributed by atoms with Gasteiger partial charge in [0.05, 0.1) is 23.4 Å². The Labute approximate surface area is 187 Å². The van der Waals surface area contributed by atoms with Gasteiger partial charge < -0.3 is 14.4 Å². The van der Waals surface area contributed by atoms with Crippen LogP contribution in [0.1, 0.15) is 24.2 Å². The third-order valence-electron chi connectivity index (χ3n) is 4.30. The molecule has 0 aliphatic rings. The second-order valence-electron chi connectivity index (χ2n) is 7.28. The fourth-order valence-electron chi connectivity index (χ4n) is 2.82. The minimum Gasteiger partial charge on any atom is -0.497 e. The van der Waals surface area contributed by atoms with Crippen LogP contribution in [-0.2, 0) is 0 Å². The van der Waals surface area contributed by atoms with E-state index < -0.39 is 0 Å². The zero-order valence-corrected chi connectivity index (χ0v) is 19.5. The molecule has 0 atom stereocenters. The summed E-state index contributed by atoms with van der Waals surface area (Å²) < 4.78 is 12.0. The third-order valence-corrected chi connectivity index (χ3v) is 5.35. The number of ether oxygens (including phenoxy) is 2. The number of carbonyl (C=O) groups is 1. The van der Waals surface area contributed by atoms with E-state index in [9.17, 15) is 4.79 Å². The van der Waals surface area contributed by atoms with Crippen LogP contribution in [-0.4, -0.2) is 56.2 Å². The SMILES string of the molecule is COc1ccc2nc(N(CCN(C)C)C(=O)c3ccc(OC(C)C)cc3)sc2c1.Cl. The number of methoxy groups -OCH3 is 1. The number of rotatable bonds is 8. The molecule has 3 rings (SSSR count). The fourth-order valence-corrected chi connectivity index (χ4v) is 3.84. The maximum absolute atomic E-state index is 13.3. The first-order chi connectivity index (χ1) is 13.9. The number of benzene rings is 2. The minimum atomic E-state index is -0.0750. The monoisotopic (exact) mass is 449 g/mol. The Morgan fingerprint density at radius 1 is 1.07 bits per heavy atom. The lowest BCUT2D eigenvalue weighted by Crippen LogP contribution is -2.36. The summed E-state index contributed by atoms with van der Waals surface area (Å²) in [7, 11) is 5.62. The molecular weight excluding hydrogens is 422 g/mol. The third kappa shape index (κ3) is 5.84. The fraction of sp³-hybridized carbons (Fsp3) is 0.364. The molecule has 0 aliphatic heterocycles. The van der Waals surface area contributed by atoms with E-state index in [-0.39, 0.29) is 24.4 Å². The Kier molecular flexibility index (Phi) is 8.46. The average Bonchev–Trinajstić information content (AvgIpc) is 3.10. The van der Waals surface area contributed by atoms with Crippen molar-refractivity contribution in [1.82, 2.24) is 9.88 Å². The van der Waals surface area contributed by atoms with Crippen LogP contribution in [0, 0.1) is 0 Å². The highest BCUT2D eigenvalue weighted by molar-refractivity contribution is 7.22. The number of aromatic nitrogens is 1. The van der Waals surface area contributed by atoms with E-state index >= 15 is 0 Å². The standard InChI is InChI=1S/C22H27N3O3S.ClH/c1-15(2)28-17-8-6-16(7-9-17)21(26)25(13-12-24(3)4)22-23-19-11-10-18(27-5)14-20(19)29-22;/h6-11,14-15H,12-13H2,1-5H3;1H. The van der Waals surface area contributed by atoms with E-state index in [4.69, 9.17) is 14.5 Å². The molecule has 30 heavy (non-hydrogen) atoms. The van der Waals surface area contributed by atoms with Crippen LogP contribution in [0.4, 0.5) is 5.13 Å². The molecule has 0 aliphatic carbocycles. The Morgan fingerprint density at radius 2 is 1.73 bits per heavy atom. The highest BCUT2D eigenvalue weighted by Crippen LogP contribution is 2.32. The van der Waals surface area contributed by atoms with Crippen LogP contribution in [0.2, 0.25) is 0 Å². The van der Waals surface area contributed by atoms with Gasteiger partial charge in [-0.15, -0.1) is 12.4 Å². The zero-order chi connectivity index (χ0) is 21.0. The number of anilines is 1. The average molecular weight is 450 g/mol. The number of amides is 1. The smallest absolute Gasteiger partial charge is 0.260 e. The van der Waals surface area contributed by atoms with Crippen LogP contribution >= 0.6 is 23.7 Å². The van der Waals surface area contributed by atoms with Crippen molar-refractivity contribution in [2.24, 2.45) is 0 Å². The number of fused-ring (bicyclic) bond motifs is 1. The summed E-state index contributed by atoms with van der Waals surface area (Å²) in [4.78, 5) is 21.8. The second-order valence-corrected chi connectivity index (χ2v) is 8.29. The topological polar surface area (TPSA) is 54.9 Å². The molecule has 0 bridgehead atoms. The van der Waals surface area contributed by atoms with E-state index in [1.807, 2.05) is 58.3 Å². The van der Waals surface area contributed by atoms with Crippen molar-refractivity contribution in [3.8, 4) is 11.5 Å². The molecule has 2 aromatic carbocycles. The molecule has 162 valence electrons. The Balaban J connectivity index is 0.00000320. The summed E-state index contributed by atoms with van der Waals surface area (Å²) in [5.41, 5.74) is 1.46. The molecule has 0 saturated carbocycles. The molecule has 0 fully saturated rings. The van der Waals surface area contributed by atoms with Crippen molar-refractivity contribution < 1.29 is 14.3 Å². The largest absolute Gasteiger partial charge is 0.497 e. The Bertz CT molecular complexity index is 973. The molecule has 1 heterocycles. The van der Waals surface area contributed by atoms with Gasteiger partial charge in [-0.3, -0.25) is 9.69 Å². The Morgan fingerprint density at radius 3 is 2.33 bits per heavy atom. The van der Waals surface area contributed by atoms with Gasteiger partial charge in [-0.25, -0.2) is 4.98 Å². The molecular formula is C22H28ClN3O3S. The van der Waals surface area contributed by atoms with Crippen LogP contribution < -0.4 is 14.4 Å². The highest BCUT2D eigenvalue weighted by Gasteiger charge is 2.21. The van der Waals surface area contributed by atoms with Crippen molar-refractivity contribution in [3.05, 3.63) is 48.0 Å². The first-order valence-corrected chi connectivity index (χ1v) is 10.4. The maximum Gasteiger partial charge on any atom is 0.260 e. The summed E-state index contributed by atoms with van der Waals surface area (Å²) in [5, 5.41) is 0.683. The predicted octanol–water partition coefficient (Wildman–Crippen LogP) is 4.72. The van der Waals surface area contributed by atoms with Gasteiger partial charge in [0.2, 0.25) is 0 Å². The number of nitrogens with zero attached hydrogens (tertiary/aromatic N) is 3. The normalized spacial score (nSPS) is 10.9. The van der Waals surface area contributed by atoms with Gasteiger partial charge in [0.25, 0.3) is 5.91 Å². The van der Waals surface area contributed by atoms with Gasteiger partial charge in [0.1, 0.15) is 11.5 Å². The van der Waals surface area contributed by atoms with E-state index in [1.54, 1.807) is 24.1 Å². The quantitative estimate of drug-likeness (QED) is 0.498. The zero-order valence-electron chi connectivity index (χ0n) is 17.9. The van der Waals surface area contributed by atoms with E-state index in [0.717, 1.165) is 28.3 Å². The number of hydrogen-bond donors (Lipinski definition) is 0. The number of halogens is 1. The van der Waals surface area contributed by atoms with E-state index in [2.05, 4.69) is 4.90 Å². The van der Waals surface area contributed by atoms with Crippen molar-refractivity contribution in [1.29, 1.82) is 0 Å². The van der Waals surface area contributed by atoms with E-state index in [1.165, 1.54) is 11.3 Å². The molecule has 0 spiro atoms. The maximum atomic E-state index is 13.3. The molecule has 3 aromatic rings. The van der Waals surface area contributed by atoms with Crippen LogP contribution in [0.5, 0.6) is 11.5 Å². The van der Waals surface area contributed by atoms with Gasteiger partial charge in [-0.2, -0.15) is 0 Å². The molecule has 0 saturated heterocycles. The molecule has 1 aromatic heterocycles. The van der Waals surface area contributed by atoms with Gasteiger partial charge >= 0.3 is 0 Å². The molecule has 8 heteroatoms. The predicted molar refractivity (Wildman–Crippen MR) is 126 cm³/mol. The number of thiazole rings is 1. The van der Waals surface area contributed by atoms with Crippen molar-refractivity contribution in [2.75, 3.05) is 39.2 Å². The van der Waals surface area contributed by atoms with Gasteiger partial charge in [0, 0.05) is 18.7 Å². The summed E-state index contributed by atoms with van der Waals surface area (Å²) in [6.07, 6.45) is 0.0906. The van der Waals surface area contributed by atoms with Crippen LogP contribution in [0.15, 0.2) is 42.5 Å². The number of carbonyl (C=O) groups excluding carboxylic acids is 1. The van der Waals surface area contributed by atoms with Crippen molar-refractivity contribution >= 4 is 45.0 Å². The van der Waals surface area contributed by atoms with Crippen molar-refractivity contribution in [2.45, 2.75) is 20.0 Å². The minimum absolute atomic E-state index is 0.